The second kappa shape index (κ2) is 5.61. The van der Waals surface area contributed by atoms with Gasteiger partial charge in [-0.2, -0.15) is 0 Å². The molecule has 1 fully saturated rings. The summed E-state index contributed by atoms with van der Waals surface area (Å²) in [5.74, 6) is 0.474. The van der Waals surface area contributed by atoms with Gasteiger partial charge in [-0.05, 0) is 43.9 Å². The first-order valence-corrected chi connectivity index (χ1v) is 6.77. The van der Waals surface area contributed by atoms with Crippen molar-refractivity contribution in [2.75, 3.05) is 13.1 Å². The molecule has 0 aliphatic heterocycles. The highest BCUT2D eigenvalue weighted by Crippen LogP contribution is 2.29. The van der Waals surface area contributed by atoms with Crippen LogP contribution in [0.5, 0.6) is 5.75 Å². The molecule has 1 N–H and O–H groups in total. The largest absolute Gasteiger partial charge is 0.507 e. The van der Waals surface area contributed by atoms with Gasteiger partial charge in [0.25, 0.3) is 5.91 Å². The molecular formula is C14H18ClNO2. The van der Waals surface area contributed by atoms with Crippen LogP contribution in [0.25, 0.3) is 0 Å². The van der Waals surface area contributed by atoms with Crippen molar-refractivity contribution in [1.29, 1.82) is 0 Å². The van der Waals surface area contributed by atoms with E-state index in [0.29, 0.717) is 23.0 Å². The van der Waals surface area contributed by atoms with E-state index in [2.05, 4.69) is 0 Å². The van der Waals surface area contributed by atoms with Gasteiger partial charge in [0.1, 0.15) is 5.75 Å². The predicted molar refractivity (Wildman–Crippen MR) is 72.0 cm³/mol. The van der Waals surface area contributed by atoms with E-state index in [1.54, 1.807) is 17.0 Å². The Bertz CT molecular complexity index is 443. The van der Waals surface area contributed by atoms with Crippen LogP contribution in [0.3, 0.4) is 0 Å². The highest BCUT2D eigenvalue weighted by atomic mass is 35.5. The minimum absolute atomic E-state index is 0.0421. The van der Waals surface area contributed by atoms with Gasteiger partial charge in [-0.25, -0.2) is 0 Å². The Balaban J connectivity index is 2.11. The van der Waals surface area contributed by atoms with E-state index in [-0.39, 0.29) is 11.7 Å². The highest BCUT2D eigenvalue weighted by molar-refractivity contribution is 6.30. The molecule has 2 rings (SSSR count). The molecule has 0 heterocycles. The van der Waals surface area contributed by atoms with Gasteiger partial charge in [-0.15, -0.1) is 0 Å². The van der Waals surface area contributed by atoms with Crippen molar-refractivity contribution in [3.63, 3.8) is 0 Å². The monoisotopic (exact) mass is 267 g/mol. The average Bonchev–Trinajstić information content (AvgIpc) is 2.27. The molecule has 0 atom stereocenters. The van der Waals surface area contributed by atoms with Crippen LogP contribution in [-0.4, -0.2) is 29.0 Å². The van der Waals surface area contributed by atoms with Crippen LogP contribution in [0.15, 0.2) is 18.2 Å². The number of rotatable bonds is 4. The Morgan fingerprint density at radius 1 is 1.50 bits per heavy atom. The summed E-state index contributed by atoms with van der Waals surface area (Å²) in [6, 6.07) is 4.63. The van der Waals surface area contributed by atoms with E-state index >= 15 is 0 Å². The number of hydrogen-bond acceptors (Lipinski definition) is 2. The number of benzene rings is 1. The van der Waals surface area contributed by atoms with Gasteiger partial charge in [-0.1, -0.05) is 18.0 Å². The molecular weight excluding hydrogens is 250 g/mol. The summed E-state index contributed by atoms with van der Waals surface area (Å²) in [6.07, 6.45) is 3.68. The van der Waals surface area contributed by atoms with Crippen LogP contribution < -0.4 is 0 Å². The summed E-state index contributed by atoms with van der Waals surface area (Å²) in [6.45, 7) is 3.42. The molecule has 0 spiro atoms. The number of hydrogen-bond donors (Lipinski definition) is 1. The van der Waals surface area contributed by atoms with E-state index in [1.165, 1.54) is 25.3 Å². The SMILES string of the molecule is CCN(CC1CCC1)C(=O)c1ccc(Cl)cc1O. The molecule has 1 aromatic rings. The molecule has 0 unspecified atom stereocenters. The van der Waals surface area contributed by atoms with Crippen LogP contribution >= 0.6 is 11.6 Å². The molecule has 3 nitrogen and oxygen atoms in total. The molecule has 1 amide bonds. The Hall–Kier alpha value is -1.22. The Morgan fingerprint density at radius 3 is 2.72 bits per heavy atom. The lowest BCUT2D eigenvalue weighted by Gasteiger charge is -2.32. The molecule has 4 heteroatoms. The topological polar surface area (TPSA) is 40.5 Å². The molecule has 0 saturated heterocycles. The van der Waals surface area contributed by atoms with Crippen LogP contribution in [0.4, 0.5) is 0 Å². The molecule has 98 valence electrons. The second-order valence-electron chi connectivity index (χ2n) is 4.80. The number of carbonyl (C=O) groups is 1. The highest BCUT2D eigenvalue weighted by Gasteiger charge is 2.24. The van der Waals surface area contributed by atoms with E-state index in [0.717, 1.165) is 6.54 Å². The fourth-order valence-electron chi connectivity index (χ4n) is 2.20. The molecule has 1 aliphatic rings. The maximum absolute atomic E-state index is 12.3. The first-order chi connectivity index (χ1) is 8.61. The van der Waals surface area contributed by atoms with Crippen molar-refractivity contribution in [2.24, 2.45) is 5.92 Å². The lowest BCUT2D eigenvalue weighted by atomic mass is 9.85. The van der Waals surface area contributed by atoms with Gasteiger partial charge in [0.2, 0.25) is 0 Å². The van der Waals surface area contributed by atoms with Crippen molar-refractivity contribution in [3.8, 4) is 5.75 Å². The predicted octanol–water partition coefficient (Wildman–Crippen LogP) is 3.31. The van der Waals surface area contributed by atoms with Gasteiger partial charge in [-0.3, -0.25) is 4.79 Å². The van der Waals surface area contributed by atoms with E-state index in [1.807, 2.05) is 6.92 Å². The smallest absolute Gasteiger partial charge is 0.257 e. The van der Waals surface area contributed by atoms with Crippen molar-refractivity contribution < 1.29 is 9.90 Å². The van der Waals surface area contributed by atoms with E-state index < -0.39 is 0 Å². The summed E-state index contributed by atoms with van der Waals surface area (Å²) in [5.41, 5.74) is 0.334. The van der Waals surface area contributed by atoms with E-state index in [4.69, 9.17) is 11.6 Å². The van der Waals surface area contributed by atoms with Crippen molar-refractivity contribution in [1.82, 2.24) is 4.90 Å². The molecule has 0 bridgehead atoms. The first-order valence-electron chi connectivity index (χ1n) is 6.39. The maximum atomic E-state index is 12.3. The number of aromatic hydroxyl groups is 1. The standard InChI is InChI=1S/C14H18ClNO2/c1-2-16(9-10-4-3-5-10)14(18)12-7-6-11(15)8-13(12)17/h6-8,10,17H,2-5,9H2,1H3. The minimum atomic E-state index is -0.112. The van der Waals surface area contributed by atoms with Gasteiger partial charge in [0.05, 0.1) is 5.56 Å². The molecule has 0 aromatic heterocycles. The molecule has 1 aliphatic carbocycles. The number of phenolic OH excluding ortho intramolecular Hbond substituents is 1. The fourth-order valence-corrected chi connectivity index (χ4v) is 2.36. The zero-order valence-electron chi connectivity index (χ0n) is 10.5. The number of halogens is 1. The second-order valence-corrected chi connectivity index (χ2v) is 5.24. The molecule has 0 radical (unpaired) electrons. The fraction of sp³-hybridized carbons (Fsp3) is 0.500. The van der Waals surface area contributed by atoms with Crippen LogP contribution in [0.2, 0.25) is 5.02 Å². The quantitative estimate of drug-likeness (QED) is 0.909. The Labute approximate surface area is 112 Å². The van der Waals surface area contributed by atoms with Crippen LogP contribution in [0.1, 0.15) is 36.5 Å². The number of phenols is 1. The maximum Gasteiger partial charge on any atom is 0.257 e. The van der Waals surface area contributed by atoms with Crippen molar-refractivity contribution in [3.05, 3.63) is 28.8 Å². The summed E-state index contributed by atoms with van der Waals surface area (Å²) >= 11 is 5.77. The summed E-state index contributed by atoms with van der Waals surface area (Å²) in [7, 11) is 0. The van der Waals surface area contributed by atoms with Crippen LogP contribution in [-0.2, 0) is 0 Å². The lowest BCUT2D eigenvalue weighted by Crippen LogP contribution is -2.37. The van der Waals surface area contributed by atoms with Gasteiger partial charge < -0.3 is 10.0 Å². The van der Waals surface area contributed by atoms with Crippen molar-refractivity contribution in [2.45, 2.75) is 26.2 Å². The number of nitrogens with zero attached hydrogens (tertiary/aromatic N) is 1. The third kappa shape index (κ3) is 2.78. The summed E-state index contributed by atoms with van der Waals surface area (Å²) < 4.78 is 0. The molecule has 1 saturated carbocycles. The number of carbonyl (C=O) groups excluding carboxylic acids is 1. The van der Waals surface area contributed by atoms with Gasteiger partial charge in [0, 0.05) is 18.1 Å². The summed E-state index contributed by atoms with van der Waals surface area (Å²) in [4.78, 5) is 14.1. The third-order valence-electron chi connectivity index (χ3n) is 3.56. The zero-order valence-corrected chi connectivity index (χ0v) is 11.3. The first kappa shape index (κ1) is 13.2. The average molecular weight is 268 g/mol. The zero-order chi connectivity index (χ0) is 13.1. The van der Waals surface area contributed by atoms with Crippen molar-refractivity contribution >= 4 is 17.5 Å². The number of amides is 1. The summed E-state index contributed by atoms with van der Waals surface area (Å²) in [5, 5.41) is 10.2. The minimum Gasteiger partial charge on any atom is -0.507 e. The molecule has 18 heavy (non-hydrogen) atoms. The lowest BCUT2D eigenvalue weighted by molar-refractivity contribution is 0.0703. The Kier molecular flexibility index (Phi) is 4.12. The normalized spacial score (nSPS) is 15.2. The van der Waals surface area contributed by atoms with Gasteiger partial charge in [0.15, 0.2) is 0 Å². The van der Waals surface area contributed by atoms with Gasteiger partial charge >= 0.3 is 0 Å². The third-order valence-corrected chi connectivity index (χ3v) is 3.80. The Morgan fingerprint density at radius 2 is 2.22 bits per heavy atom. The van der Waals surface area contributed by atoms with E-state index in [9.17, 15) is 9.90 Å². The molecule has 1 aromatic carbocycles. The van der Waals surface area contributed by atoms with Crippen LogP contribution in [0, 0.1) is 5.92 Å².